The molecule has 0 spiro atoms. The summed E-state index contributed by atoms with van der Waals surface area (Å²) in [6.07, 6.45) is 2.77. The van der Waals surface area contributed by atoms with Crippen LogP contribution in [0.4, 0.5) is 0 Å². The van der Waals surface area contributed by atoms with E-state index in [1.54, 1.807) is 36.4 Å². The Morgan fingerprint density at radius 2 is 2.04 bits per heavy atom. The highest BCUT2D eigenvalue weighted by atomic mass is 16.5. The van der Waals surface area contributed by atoms with E-state index in [9.17, 15) is 9.59 Å². The molecule has 0 unspecified atom stereocenters. The van der Waals surface area contributed by atoms with Gasteiger partial charge >= 0.3 is 11.9 Å². The summed E-state index contributed by atoms with van der Waals surface area (Å²) in [6.45, 7) is 0. The van der Waals surface area contributed by atoms with Crippen molar-refractivity contribution in [3.05, 3.63) is 71.9 Å². The van der Waals surface area contributed by atoms with Crippen LogP contribution >= 0.6 is 0 Å². The second kappa shape index (κ2) is 7.31. The number of hydrazone groups is 1. The third kappa shape index (κ3) is 3.84. The molecule has 126 valence electrons. The first-order valence-electron chi connectivity index (χ1n) is 7.33. The normalized spacial score (nSPS) is 10.8. The first kappa shape index (κ1) is 16.3. The van der Waals surface area contributed by atoms with Crippen molar-refractivity contribution in [2.75, 3.05) is 7.11 Å². The topological polar surface area (TPSA) is 94.0 Å². The predicted octanol–water partition coefficient (Wildman–Crippen LogP) is 3.09. The molecule has 0 fully saturated rings. The highest BCUT2D eigenvalue weighted by Crippen LogP contribution is 2.22. The van der Waals surface area contributed by atoms with Crippen molar-refractivity contribution in [3.8, 4) is 11.3 Å². The molecule has 1 amide bonds. The van der Waals surface area contributed by atoms with E-state index < -0.39 is 11.9 Å². The number of hydrogen-bond acceptors (Lipinski definition) is 6. The molecule has 3 rings (SSSR count). The Labute approximate surface area is 142 Å². The third-order valence-electron chi connectivity index (χ3n) is 3.30. The van der Waals surface area contributed by atoms with Gasteiger partial charge in [0.05, 0.1) is 25.2 Å². The molecule has 7 heteroatoms. The predicted molar refractivity (Wildman–Crippen MR) is 89.3 cm³/mol. The van der Waals surface area contributed by atoms with Gasteiger partial charge in [-0.1, -0.05) is 12.1 Å². The fourth-order valence-electron chi connectivity index (χ4n) is 2.11. The molecule has 1 N–H and O–H groups in total. The lowest BCUT2D eigenvalue weighted by Gasteiger charge is -2.01. The Morgan fingerprint density at radius 3 is 2.80 bits per heavy atom. The summed E-state index contributed by atoms with van der Waals surface area (Å²) < 4.78 is 15.3. The maximum Gasteiger partial charge on any atom is 0.337 e. The maximum atomic E-state index is 11.7. The van der Waals surface area contributed by atoms with Crippen molar-refractivity contribution in [2.45, 2.75) is 0 Å². The monoisotopic (exact) mass is 338 g/mol. The highest BCUT2D eigenvalue weighted by Gasteiger charge is 2.09. The summed E-state index contributed by atoms with van der Waals surface area (Å²) in [5.41, 5.74) is 3.48. The van der Waals surface area contributed by atoms with Gasteiger partial charge in [0.25, 0.3) is 0 Å². The molecule has 0 aliphatic carbocycles. The van der Waals surface area contributed by atoms with Gasteiger partial charge in [0.2, 0.25) is 0 Å². The van der Waals surface area contributed by atoms with Crippen LogP contribution in [0.5, 0.6) is 0 Å². The lowest BCUT2D eigenvalue weighted by atomic mass is 10.1. The van der Waals surface area contributed by atoms with Gasteiger partial charge in [-0.25, -0.2) is 10.2 Å². The molecule has 0 aliphatic rings. The number of rotatable bonds is 5. The van der Waals surface area contributed by atoms with Gasteiger partial charge < -0.3 is 13.6 Å². The van der Waals surface area contributed by atoms with Crippen LogP contribution in [0.1, 0.15) is 26.7 Å². The summed E-state index contributed by atoms with van der Waals surface area (Å²) in [5, 5.41) is 3.81. The Morgan fingerprint density at radius 1 is 1.16 bits per heavy atom. The first-order chi connectivity index (χ1) is 12.2. The standard InChI is InChI=1S/C18H14N2O5/c1-23-18(22)13-5-2-4-12(10-13)15-8-7-14(25-15)11-19-20-17(21)16-6-3-9-24-16/h2-11H,1H3,(H,20,21)/b19-11-. The Bertz CT molecular complexity index is 909. The van der Waals surface area contributed by atoms with Crippen molar-refractivity contribution < 1.29 is 23.2 Å². The fraction of sp³-hybridized carbons (Fsp3) is 0.0556. The van der Waals surface area contributed by atoms with Crippen molar-refractivity contribution in [2.24, 2.45) is 5.10 Å². The summed E-state index contributed by atoms with van der Waals surface area (Å²) in [5.74, 6) is 0.286. The molecule has 0 saturated heterocycles. The largest absolute Gasteiger partial charge is 0.465 e. The van der Waals surface area contributed by atoms with Crippen LogP contribution in [0.25, 0.3) is 11.3 Å². The Kier molecular flexibility index (Phi) is 4.75. The van der Waals surface area contributed by atoms with Crippen LogP contribution in [-0.4, -0.2) is 25.2 Å². The summed E-state index contributed by atoms with van der Waals surface area (Å²) in [6, 6.07) is 13.5. The van der Waals surface area contributed by atoms with Crippen LogP contribution in [0, 0.1) is 0 Å². The van der Waals surface area contributed by atoms with Crippen molar-refractivity contribution in [1.29, 1.82) is 0 Å². The number of nitrogens with zero attached hydrogens (tertiary/aromatic N) is 1. The van der Waals surface area contributed by atoms with E-state index in [4.69, 9.17) is 13.6 Å². The quantitative estimate of drug-likeness (QED) is 0.438. The first-order valence-corrected chi connectivity index (χ1v) is 7.33. The van der Waals surface area contributed by atoms with E-state index in [2.05, 4.69) is 10.5 Å². The number of furan rings is 2. The van der Waals surface area contributed by atoms with Gasteiger partial charge in [-0.3, -0.25) is 4.79 Å². The van der Waals surface area contributed by atoms with E-state index in [-0.39, 0.29) is 5.76 Å². The number of methoxy groups -OCH3 is 1. The smallest absolute Gasteiger partial charge is 0.337 e. The number of ether oxygens (including phenoxy) is 1. The van der Waals surface area contributed by atoms with Crippen molar-refractivity contribution in [3.63, 3.8) is 0 Å². The van der Waals surface area contributed by atoms with Crippen LogP contribution in [0.15, 0.2) is 68.7 Å². The highest BCUT2D eigenvalue weighted by molar-refractivity contribution is 5.92. The second-order valence-electron chi connectivity index (χ2n) is 4.95. The number of amides is 1. The molecule has 2 aromatic heterocycles. The second-order valence-corrected chi connectivity index (χ2v) is 4.95. The molecule has 2 heterocycles. The lowest BCUT2D eigenvalue weighted by Crippen LogP contribution is -2.16. The molecule has 3 aromatic rings. The Balaban J connectivity index is 1.69. The van der Waals surface area contributed by atoms with Gasteiger partial charge in [0.1, 0.15) is 11.5 Å². The minimum absolute atomic E-state index is 0.164. The molecular weight excluding hydrogens is 324 g/mol. The number of hydrogen-bond donors (Lipinski definition) is 1. The van der Waals surface area contributed by atoms with E-state index in [1.807, 2.05) is 6.07 Å². The van der Waals surface area contributed by atoms with E-state index >= 15 is 0 Å². The third-order valence-corrected chi connectivity index (χ3v) is 3.30. The van der Waals surface area contributed by atoms with Gasteiger partial charge in [-0.15, -0.1) is 0 Å². The van der Waals surface area contributed by atoms with Gasteiger partial charge in [-0.05, 0) is 36.4 Å². The molecular formula is C18H14N2O5. The van der Waals surface area contributed by atoms with Crippen LogP contribution in [0.3, 0.4) is 0 Å². The van der Waals surface area contributed by atoms with Crippen LogP contribution in [-0.2, 0) is 4.74 Å². The fourth-order valence-corrected chi connectivity index (χ4v) is 2.11. The number of nitrogens with one attached hydrogen (secondary N) is 1. The van der Waals surface area contributed by atoms with E-state index in [0.717, 1.165) is 5.56 Å². The molecule has 0 bridgehead atoms. The number of carbonyl (C=O) groups is 2. The molecule has 0 atom stereocenters. The molecule has 7 nitrogen and oxygen atoms in total. The van der Waals surface area contributed by atoms with Crippen molar-refractivity contribution in [1.82, 2.24) is 5.43 Å². The summed E-state index contributed by atoms with van der Waals surface area (Å²) in [4.78, 5) is 23.2. The summed E-state index contributed by atoms with van der Waals surface area (Å²) in [7, 11) is 1.33. The van der Waals surface area contributed by atoms with Gasteiger partial charge in [0.15, 0.2) is 5.76 Å². The molecule has 1 aromatic carbocycles. The average Bonchev–Trinajstić information content (AvgIpc) is 3.33. The molecule has 0 saturated carbocycles. The molecule has 0 aliphatic heterocycles. The number of benzene rings is 1. The minimum Gasteiger partial charge on any atom is -0.465 e. The zero-order valence-electron chi connectivity index (χ0n) is 13.3. The number of esters is 1. The van der Waals surface area contributed by atoms with Crippen LogP contribution in [0.2, 0.25) is 0 Å². The maximum absolute atomic E-state index is 11.7. The minimum atomic E-state index is -0.459. The van der Waals surface area contributed by atoms with E-state index in [1.165, 1.54) is 25.7 Å². The van der Waals surface area contributed by atoms with Crippen LogP contribution < -0.4 is 5.43 Å². The van der Waals surface area contributed by atoms with Gasteiger partial charge in [-0.2, -0.15) is 5.10 Å². The number of carbonyl (C=O) groups excluding carboxylic acids is 2. The Hall–Kier alpha value is -3.61. The van der Waals surface area contributed by atoms with Gasteiger partial charge in [0, 0.05) is 5.56 Å². The SMILES string of the molecule is COC(=O)c1cccc(-c2ccc(/C=N\NC(=O)c3ccco3)o2)c1. The zero-order valence-corrected chi connectivity index (χ0v) is 13.3. The molecule has 25 heavy (non-hydrogen) atoms. The summed E-state index contributed by atoms with van der Waals surface area (Å²) >= 11 is 0. The lowest BCUT2D eigenvalue weighted by molar-refractivity contribution is 0.0600. The zero-order chi connectivity index (χ0) is 17.6. The average molecular weight is 338 g/mol. The van der Waals surface area contributed by atoms with Crippen molar-refractivity contribution >= 4 is 18.1 Å². The molecule has 0 radical (unpaired) electrons. The van der Waals surface area contributed by atoms with E-state index in [0.29, 0.717) is 17.1 Å².